The van der Waals surface area contributed by atoms with Crippen LogP contribution >= 0.6 is 0 Å². The van der Waals surface area contributed by atoms with Crippen LogP contribution in [-0.2, 0) is 24.6 Å². The summed E-state index contributed by atoms with van der Waals surface area (Å²) >= 11 is 0. The maximum Gasteiger partial charge on any atom is 0.271 e. The summed E-state index contributed by atoms with van der Waals surface area (Å²) < 4.78 is 5.82. The summed E-state index contributed by atoms with van der Waals surface area (Å²) in [4.78, 5) is 70.6. The second-order valence-electron chi connectivity index (χ2n) is 13.8. The summed E-state index contributed by atoms with van der Waals surface area (Å²) in [7, 11) is 1.46. The number of ether oxygens (including phenoxy) is 1. The minimum atomic E-state index is -1.51. The van der Waals surface area contributed by atoms with Crippen LogP contribution in [0, 0.1) is 40.7 Å². The summed E-state index contributed by atoms with van der Waals surface area (Å²) in [5.41, 5.74) is 4.79. The fourth-order valence-electron chi connectivity index (χ4n) is 9.03. The van der Waals surface area contributed by atoms with E-state index in [0.717, 1.165) is 15.5 Å². The molecule has 2 saturated heterocycles. The Morgan fingerprint density at radius 3 is 2.35 bits per heavy atom. The number of anilines is 2. The minimum Gasteiger partial charge on any atom is -0.508 e. The summed E-state index contributed by atoms with van der Waals surface area (Å²) in [6.45, 7) is 1.93. The Hall–Kier alpha value is -6.30. The number of hydrogen-bond donors (Lipinski definition) is 2. The van der Waals surface area contributed by atoms with E-state index < -0.39 is 63.6 Å². The van der Waals surface area contributed by atoms with Crippen LogP contribution in [0.3, 0.4) is 0 Å². The number of nitro benzene ring substituents is 1. The van der Waals surface area contributed by atoms with Crippen LogP contribution in [0.25, 0.3) is 0 Å². The van der Waals surface area contributed by atoms with E-state index in [1.165, 1.54) is 43.5 Å². The van der Waals surface area contributed by atoms with Crippen molar-refractivity contribution in [2.45, 2.75) is 31.1 Å². The minimum absolute atomic E-state index is 0.0587. The predicted octanol–water partition coefficient (Wildman–Crippen LogP) is 5.81. The van der Waals surface area contributed by atoms with E-state index in [-0.39, 0.29) is 30.0 Å². The summed E-state index contributed by atoms with van der Waals surface area (Å²) in [5.74, 6) is -5.88. The normalized spacial score (nSPS) is 26.4. The molecule has 2 heterocycles. The number of fused-ring (bicyclic) bond motifs is 4. The molecule has 12 heteroatoms. The van der Waals surface area contributed by atoms with Gasteiger partial charge in [-0.25, -0.2) is 4.90 Å². The third-order valence-electron chi connectivity index (χ3n) is 11.2. The third kappa shape index (κ3) is 4.74. The van der Waals surface area contributed by atoms with Crippen LogP contribution in [0.1, 0.15) is 35.4 Å². The van der Waals surface area contributed by atoms with Crippen LogP contribution in [0.4, 0.5) is 17.1 Å². The molecule has 4 aliphatic rings. The number of nitrogens with one attached hydrogen (secondary N) is 1. The zero-order chi connectivity index (χ0) is 36.5. The lowest BCUT2D eigenvalue weighted by Crippen LogP contribution is -2.53. The standard InChI is InChI=1S/C40H34N4O8/c1-22-11-13-24(14-12-22)41-43-37(47)32-21-31-28(17-18-30-34(31)38(48)42(36(30)46)25-9-6-10-26(19-25)44(50)51)35(29-16-15-27(45)20-33(29)52-2)40(32,39(43)49)23-7-4-3-5-8-23/h3-17,19-20,30-32,34-35,41,45H,18,21H2,1-2H3/t30-,31+,32-,34-,35+,40+/m0/s1. The number of aryl methyl sites for hydroxylation is 1. The first-order valence-electron chi connectivity index (χ1n) is 17.0. The van der Waals surface area contributed by atoms with Gasteiger partial charge in [-0.15, -0.1) is 0 Å². The van der Waals surface area contributed by atoms with Crippen molar-refractivity contribution in [2.24, 2.45) is 23.7 Å². The molecular weight excluding hydrogens is 664 g/mol. The van der Waals surface area contributed by atoms with Gasteiger partial charge in [-0.2, -0.15) is 5.01 Å². The molecule has 3 fully saturated rings. The van der Waals surface area contributed by atoms with Crippen molar-refractivity contribution in [2.75, 3.05) is 17.4 Å². The Balaban J connectivity index is 1.32. The number of non-ortho nitro benzene ring substituents is 1. The van der Waals surface area contributed by atoms with E-state index in [9.17, 15) is 29.6 Å². The Bertz CT molecular complexity index is 2200. The number of allylic oxidation sites excluding steroid dienone is 2. The number of amides is 4. The molecule has 4 amide bonds. The topological polar surface area (TPSA) is 159 Å². The van der Waals surface area contributed by atoms with Gasteiger partial charge < -0.3 is 9.84 Å². The van der Waals surface area contributed by atoms with E-state index in [2.05, 4.69) is 5.43 Å². The Kier molecular flexibility index (Phi) is 7.70. The molecule has 2 N–H and O–H groups in total. The fraction of sp³-hybridized carbons (Fsp3) is 0.250. The highest BCUT2D eigenvalue weighted by Gasteiger charge is 2.70. The number of carbonyl (C=O) groups is 4. The summed E-state index contributed by atoms with van der Waals surface area (Å²) in [5, 5.41) is 23.2. The third-order valence-corrected chi connectivity index (χ3v) is 11.2. The molecular formula is C40H34N4O8. The molecule has 52 heavy (non-hydrogen) atoms. The number of rotatable bonds is 7. The zero-order valence-electron chi connectivity index (χ0n) is 28.3. The van der Waals surface area contributed by atoms with Crippen molar-refractivity contribution in [1.82, 2.24) is 5.01 Å². The van der Waals surface area contributed by atoms with Gasteiger partial charge in [0.15, 0.2) is 0 Å². The Labute approximate surface area is 298 Å². The van der Waals surface area contributed by atoms with Crippen molar-refractivity contribution in [3.63, 3.8) is 0 Å². The first kappa shape index (κ1) is 32.9. The van der Waals surface area contributed by atoms with Crippen LogP contribution in [0.15, 0.2) is 109 Å². The highest BCUT2D eigenvalue weighted by Crippen LogP contribution is 2.65. The molecule has 2 aliphatic heterocycles. The van der Waals surface area contributed by atoms with Gasteiger partial charge in [-0.1, -0.05) is 71.8 Å². The second-order valence-corrected chi connectivity index (χ2v) is 13.8. The lowest BCUT2D eigenvalue weighted by Gasteiger charge is -2.50. The maximum absolute atomic E-state index is 15.3. The largest absolute Gasteiger partial charge is 0.508 e. The highest BCUT2D eigenvalue weighted by atomic mass is 16.6. The van der Waals surface area contributed by atoms with Crippen LogP contribution in [0.5, 0.6) is 11.5 Å². The molecule has 1 saturated carbocycles. The van der Waals surface area contributed by atoms with Gasteiger partial charge in [0, 0.05) is 29.7 Å². The van der Waals surface area contributed by atoms with Crippen molar-refractivity contribution >= 4 is 40.7 Å². The van der Waals surface area contributed by atoms with Crippen LogP contribution in [-0.4, -0.2) is 45.8 Å². The van der Waals surface area contributed by atoms with E-state index >= 15 is 4.79 Å². The number of nitrogens with zero attached hydrogens (tertiary/aromatic N) is 3. The number of nitro groups is 1. The number of carbonyl (C=O) groups excluding carboxylic acids is 4. The van der Waals surface area contributed by atoms with Gasteiger partial charge >= 0.3 is 0 Å². The van der Waals surface area contributed by atoms with Crippen molar-refractivity contribution in [3.8, 4) is 11.5 Å². The molecule has 4 aromatic carbocycles. The number of methoxy groups -OCH3 is 1. The number of benzene rings is 4. The van der Waals surface area contributed by atoms with Gasteiger partial charge in [0.25, 0.3) is 17.5 Å². The van der Waals surface area contributed by atoms with Gasteiger partial charge in [0.05, 0.1) is 46.6 Å². The predicted molar refractivity (Wildman–Crippen MR) is 189 cm³/mol. The smallest absolute Gasteiger partial charge is 0.271 e. The Morgan fingerprint density at radius 1 is 0.885 bits per heavy atom. The zero-order valence-corrected chi connectivity index (χ0v) is 28.3. The molecule has 0 unspecified atom stereocenters. The van der Waals surface area contributed by atoms with Crippen LogP contribution < -0.4 is 15.1 Å². The van der Waals surface area contributed by atoms with Crippen molar-refractivity contribution in [3.05, 3.63) is 136 Å². The summed E-state index contributed by atoms with van der Waals surface area (Å²) in [6, 6.07) is 26.5. The molecule has 0 radical (unpaired) electrons. The molecule has 262 valence electrons. The Morgan fingerprint density at radius 2 is 1.63 bits per heavy atom. The maximum atomic E-state index is 15.3. The first-order valence-corrected chi connectivity index (χ1v) is 17.0. The quantitative estimate of drug-likeness (QED) is 0.105. The number of imide groups is 2. The molecule has 0 aromatic heterocycles. The molecule has 8 rings (SSSR count). The first-order chi connectivity index (χ1) is 25.1. The summed E-state index contributed by atoms with van der Waals surface area (Å²) in [6.07, 6.45) is 2.17. The van der Waals surface area contributed by atoms with E-state index in [0.29, 0.717) is 28.1 Å². The molecule has 2 aliphatic carbocycles. The van der Waals surface area contributed by atoms with Gasteiger partial charge in [0.1, 0.15) is 11.5 Å². The average Bonchev–Trinajstić information content (AvgIpc) is 3.53. The molecule has 4 aromatic rings. The monoisotopic (exact) mass is 698 g/mol. The number of hydrazine groups is 1. The van der Waals surface area contributed by atoms with Gasteiger partial charge in [-0.3, -0.25) is 34.7 Å². The van der Waals surface area contributed by atoms with E-state index in [4.69, 9.17) is 4.74 Å². The molecule has 0 spiro atoms. The van der Waals surface area contributed by atoms with E-state index in [1.54, 1.807) is 18.2 Å². The van der Waals surface area contributed by atoms with Gasteiger partial charge in [-0.05, 0) is 55.5 Å². The lowest BCUT2D eigenvalue weighted by molar-refractivity contribution is -0.384. The molecule has 6 atom stereocenters. The van der Waals surface area contributed by atoms with E-state index in [1.807, 2.05) is 55.5 Å². The average molecular weight is 699 g/mol. The number of phenolic OH excluding ortho intramolecular Hbond substituents is 1. The molecule has 12 nitrogen and oxygen atoms in total. The highest BCUT2D eigenvalue weighted by molar-refractivity contribution is 6.22. The van der Waals surface area contributed by atoms with Crippen molar-refractivity contribution < 1.29 is 33.9 Å². The second kappa shape index (κ2) is 12.2. The van der Waals surface area contributed by atoms with Crippen molar-refractivity contribution in [1.29, 1.82) is 0 Å². The fourth-order valence-corrected chi connectivity index (χ4v) is 9.03. The number of phenols is 1. The lowest BCUT2D eigenvalue weighted by atomic mass is 9.49. The number of hydrogen-bond acceptors (Lipinski definition) is 9. The SMILES string of the molecule is COc1cc(O)ccc1[C@H]1C2=CC[C@@H]3C(=O)N(c4cccc([N+](=O)[O-])c4)C(=O)[C@@H]3[C@@H]2C[C@H]2C(=O)N(Nc3ccc(C)cc3)C(=O)[C@@]12c1ccccc1. The molecule has 0 bridgehead atoms. The number of aromatic hydroxyl groups is 1. The van der Waals surface area contributed by atoms with Gasteiger partial charge in [0.2, 0.25) is 11.8 Å². The van der Waals surface area contributed by atoms with Crippen LogP contribution in [0.2, 0.25) is 0 Å².